The fourth-order valence-corrected chi connectivity index (χ4v) is 2.37. The molecule has 0 unspecified atom stereocenters. The van der Waals surface area contributed by atoms with Gasteiger partial charge in [-0.05, 0) is 41.5 Å². The Kier molecular flexibility index (Phi) is 8.57. The van der Waals surface area contributed by atoms with Gasteiger partial charge in [0.2, 0.25) is 0 Å². The van der Waals surface area contributed by atoms with E-state index >= 15 is 0 Å². The number of hydrogen-bond donors (Lipinski definition) is 0. The number of hydrogen-bond acceptors (Lipinski definition) is 0. The van der Waals surface area contributed by atoms with Crippen LogP contribution in [0.1, 0.15) is 33.4 Å². The molecule has 0 aliphatic rings. The van der Waals surface area contributed by atoms with E-state index in [2.05, 4.69) is 96.1 Å². The molecule has 0 heterocycles. The molecule has 0 aliphatic heterocycles. The molecule has 3 rings (SSSR count). The lowest BCUT2D eigenvalue weighted by atomic mass is 10.1. The van der Waals surface area contributed by atoms with Crippen molar-refractivity contribution >= 4 is 0 Å². The predicted octanol–water partition coefficient (Wildman–Crippen LogP) is 6.91. The number of benzene rings is 3. The van der Waals surface area contributed by atoms with Crippen LogP contribution in [0.15, 0.2) is 72.8 Å². The summed E-state index contributed by atoms with van der Waals surface area (Å²) in [7, 11) is 0. The highest BCUT2D eigenvalue weighted by Gasteiger charge is 1.87. The summed E-state index contributed by atoms with van der Waals surface area (Å²) in [6, 6.07) is 25.3. The van der Waals surface area contributed by atoms with Crippen LogP contribution in [0.5, 0.6) is 0 Å². The standard InChI is InChI=1S/C9H12.C8H10.C7H8/c1-7-4-8(2)6-9(3)5-7;1-7-3-5-8(2)6-4-7;1-7-5-3-2-4-6-7/h4-6H,1-3H3;3-6H,1-2H3;2-6H,1H3. The molecule has 0 aliphatic carbocycles. The zero-order chi connectivity index (χ0) is 17.9. The average Bonchev–Trinajstić information content (AvgIpc) is 2.51. The van der Waals surface area contributed by atoms with Crippen LogP contribution < -0.4 is 0 Å². The lowest BCUT2D eigenvalue weighted by molar-refractivity contribution is 1.32. The van der Waals surface area contributed by atoms with Gasteiger partial charge in [0.1, 0.15) is 0 Å². The van der Waals surface area contributed by atoms with Crippen LogP contribution in [-0.4, -0.2) is 0 Å². The molecular weight excluding hydrogens is 288 g/mol. The summed E-state index contributed by atoms with van der Waals surface area (Å²) >= 11 is 0. The topological polar surface area (TPSA) is 0 Å². The molecule has 0 fully saturated rings. The third-order valence-electron chi connectivity index (χ3n) is 3.52. The molecule has 126 valence electrons. The molecule has 0 aromatic heterocycles. The van der Waals surface area contributed by atoms with E-state index < -0.39 is 0 Å². The maximum atomic E-state index is 2.19. The van der Waals surface area contributed by atoms with Crippen molar-refractivity contribution in [2.75, 3.05) is 0 Å². The summed E-state index contributed by atoms with van der Waals surface area (Å²) in [6.07, 6.45) is 0. The van der Waals surface area contributed by atoms with E-state index in [0.29, 0.717) is 0 Å². The van der Waals surface area contributed by atoms with Crippen molar-refractivity contribution in [3.05, 3.63) is 106 Å². The Morgan fingerprint density at radius 2 is 0.625 bits per heavy atom. The van der Waals surface area contributed by atoms with Crippen molar-refractivity contribution in [1.82, 2.24) is 0 Å². The van der Waals surface area contributed by atoms with Crippen LogP contribution >= 0.6 is 0 Å². The van der Waals surface area contributed by atoms with Crippen molar-refractivity contribution in [3.8, 4) is 0 Å². The van der Waals surface area contributed by atoms with Gasteiger partial charge in [-0.3, -0.25) is 0 Å². The van der Waals surface area contributed by atoms with Gasteiger partial charge in [-0.25, -0.2) is 0 Å². The molecule has 0 spiro atoms. The third-order valence-corrected chi connectivity index (χ3v) is 3.52. The Morgan fingerprint density at radius 3 is 0.875 bits per heavy atom. The van der Waals surface area contributed by atoms with Crippen LogP contribution in [-0.2, 0) is 0 Å². The van der Waals surface area contributed by atoms with Crippen LogP contribution in [0.3, 0.4) is 0 Å². The van der Waals surface area contributed by atoms with Crippen molar-refractivity contribution in [1.29, 1.82) is 0 Å². The van der Waals surface area contributed by atoms with Gasteiger partial charge >= 0.3 is 0 Å². The first kappa shape index (κ1) is 19.7. The Hall–Kier alpha value is -2.34. The molecule has 3 aromatic rings. The van der Waals surface area contributed by atoms with Gasteiger partial charge < -0.3 is 0 Å². The highest BCUT2D eigenvalue weighted by atomic mass is 13.9. The third kappa shape index (κ3) is 8.95. The van der Waals surface area contributed by atoms with Gasteiger partial charge in [0.25, 0.3) is 0 Å². The fourth-order valence-electron chi connectivity index (χ4n) is 2.37. The van der Waals surface area contributed by atoms with Crippen molar-refractivity contribution in [2.24, 2.45) is 0 Å². The highest BCUT2D eigenvalue weighted by Crippen LogP contribution is 2.06. The second-order valence-electron chi connectivity index (χ2n) is 6.47. The molecule has 24 heavy (non-hydrogen) atoms. The highest BCUT2D eigenvalue weighted by molar-refractivity contribution is 5.27. The summed E-state index contributed by atoms with van der Waals surface area (Å²) in [5.74, 6) is 0. The summed E-state index contributed by atoms with van der Waals surface area (Å²) in [5.41, 5.74) is 8.04. The molecule has 3 aromatic carbocycles. The van der Waals surface area contributed by atoms with Gasteiger partial charge in [0, 0.05) is 0 Å². The summed E-state index contributed by atoms with van der Waals surface area (Å²) in [5, 5.41) is 0. The van der Waals surface area contributed by atoms with Crippen LogP contribution in [0.4, 0.5) is 0 Å². The van der Waals surface area contributed by atoms with Crippen molar-refractivity contribution in [3.63, 3.8) is 0 Å². The van der Waals surface area contributed by atoms with Gasteiger partial charge in [-0.1, -0.05) is 106 Å². The number of rotatable bonds is 0. The monoisotopic (exact) mass is 318 g/mol. The molecule has 0 heteroatoms. The zero-order valence-electron chi connectivity index (χ0n) is 15.9. The maximum Gasteiger partial charge on any atom is -0.0398 e. The van der Waals surface area contributed by atoms with E-state index in [0.717, 1.165) is 0 Å². The SMILES string of the molecule is Cc1cc(C)cc(C)c1.Cc1ccc(C)cc1.Cc1ccccc1. The van der Waals surface area contributed by atoms with Crippen LogP contribution in [0.25, 0.3) is 0 Å². The van der Waals surface area contributed by atoms with Crippen LogP contribution in [0, 0.1) is 41.5 Å². The van der Waals surface area contributed by atoms with Crippen molar-refractivity contribution < 1.29 is 0 Å². The lowest BCUT2D eigenvalue weighted by Crippen LogP contribution is -1.78. The second kappa shape index (κ2) is 10.4. The predicted molar refractivity (Wildman–Crippen MR) is 108 cm³/mol. The van der Waals surface area contributed by atoms with E-state index in [1.807, 2.05) is 18.2 Å². The lowest BCUT2D eigenvalue weighted by Gasteiger charge is -1.96. The molecule has 0 saturated carbocycles. The second-order valence-corrected chi connectivity index (χ2v) is 6.47. The minimum atomic E-state index is 1.32. The molecule has 0 atom stereocenters. The van der Waals surface area contributed by atoms with E-state index in [9.17, 15) is 0 Å². The van der Waals surface area contributed by atoms with E-state index in [4.69, 9.17) is 0 Å². The molecule has 0 saturated heterocycles. The molecule has 0 N–H and O–H groups in total. The fraction of sp³-hybridized carbons (Fsp3) is 0.250. The average molecular weight is 319 g/mol. The van der Waals surface area contributed by atoms with E-state index in [1.54, 1.807) is 0 Å². The Balaban J connectivity index is 0.000000181. The summed E-state index contributed by atoms with van der Waals surface area (Å²) in [4.78, 5) is 0. The Labute approximate surface area is 148 Å². The summed E-state index contributed by atoms with van der Waals surface area (Å²) < 4.78 is 0. The molecule has 0 nitrogen and oxygen atoms in total. The smallest absolute Gasteiger partial charge is 0.0398 e. The first-order valence-corrected chi connectivity index (χ1v) is 8.46. The molecule has 0 bridgehead atoms. The van der Waals surface area contributed by atoms with Crippen molar-refractivity contribution in [2.45, 2.75) is 41.5 Å². The van der Waals surface area contributed by atoms with Gasteiger partial charge in [-0.2, -0.15) is 0 Å². The largest absolute Gasteiger partial charge is 0.0622 e. The van der Waals surface area contributed by atoms with Gasteiger partial charge in [-0.15, -0.1) is 0 Å². The van der Waals surface area contributed by atoms with E-state index in [-0.39, 0.29) is 0 Å². The molecule has 0 amide bonds. The first-order valence-electron chi connectivity index (χ1n) is 8.46. The maximum absolute atomic E-state index is 2.19. The van der Waals surface area contributed by atoms with Gasteiger partial charge in [0.15, 0.2) is 0 Å². The van der Waals surface area contributed by atoms with E-state index in [1.165, 1.54) is 33.4 Å². The molecular formula is C24H30. The first-order chi connectivity index (χ1) is 11.4. The zero-order valence-corrected chi connectivity index (χ0v) is 15.9. The normalized spacial score (nSPS) is 9.25. The Bertz CT molecular complexity index is 635. The van der Waals surface area contributed by atoms with Gasteiger partial charge in [0.05, 0.1) is 0 Å². The molecule has 0 radical (unpaired) electrons. The minimum Gasteiger partial charge on any atom is -0.0622 e. The Morgan fingerprint density at radius 1 is 0.333 bits per heavy atom. The summed E-state index contributed by atoms with van der Waals surface area (Å²) in [6.45, 7) is 12.7. The number of aryl methyl sites for hydroxylation is 6. The quantitative estimate of drug-likeness (QED) is 0.422. The minimum absolute atomic E-state index is 1.32. The van der Waals surface area contributed by atoms with Crippen LogP contribution in [0.2, 0.25) is 0 Å².